The molecule has 1 aromatic rings. The van der Waals surface area contributed by atoms with Gasteiger partial charge in [-0.3, -0.25) is 9.59 Å². The lowest BCUT2D eigenvalue weighted by Gasteiger charge is -2.24. The number of ether oxygens (including phenoxy) is 1. The summed E-state index contributed by atoms with van der Waals surface area (Å²) in [7, 11) is 1.48. The van der Waals surface area contributed by atoms with Crippen molar-refractivity contribution in [2.45, 2.75) is 18.8 Å². The summed E-state index contributed by atoms with van der Waals surface area (Å²) in [4.78, 5) is 25.9. The Morgan fingerprint density at radius 2 is 2.00 bits per heavy atom. The van der Waals surface area contributed by atoms with Crippen LogP contribution in [0.25, 0.3) is 0 Å². The summed E-state index contributed by atoms with van der Waals surface area (Å²) >= 11 is 12.0. The second-order valence-corrected chi connectivity index (χ2v) is 7.55. The Labute approximate surface area is 150 Å². The first-order chi connectivity index (χ1) is 11.4. The van der Waals surface area contributed by atoms with Crippen LogP contribution in [0.4, 0.5) is 0 Å². The third kappa shape index (κ3) is 3.25. The third-order valence-electron chi connectivity index (χ3n) is 4.96. The highest BCUT2D eigenvalue weighted by Gasteiger charge is 2.51. The topological polar surface area (TPSA) is 66.8 Å². The maximum atomic E-state index is 12.7. The van der Waals surface area contributed by atoms with Crippen LogP contribution < -0.4 is 0 Å². The Morgan fingerprint density at radius 1 is 1.33 bits per heavy atom. The van der Waals surface area contributed by atoms with Gasteiger partial charge < -0.3 is 14.7 Å². The van der Waals surface area contributed by atoms with Gasteiger partial charge in [0, 0.05) is 36.2 Å². The van der Waals surface area contributed by atoms with Crippen molar-refractivity contribution < 1.29 is 19.4 Å². The average Bonchev–Trinajstić information content (AvgIpc) is 3.19. The van der Waals surface area contributed by atoms with E-state index in [0.717, 1.165) is 12.0 Å². The normalized spacial score (nSPS) is 28.9. The number of aliphatic carboxylic acids is 1. The van der Waals surface area contributed by atoms with Crippen LogP contribution in [0.2, 0.25) is 10.0 Å². The number of amides is 1. The number of likely N-dealkylation sites (tertiary alicyclic amines) is 1. The molecule has 1 aliphatic carbocycles. The second-order valence-electron chi connectivity index (χ2n) is 6.68. The molecule has 1 heterocycles. The maximum absolute atomic E-state index is 12.7. The molecule has 1 N–H and O–H groups in total. The van der Waals surface area contributed by atoms with Gasteiger partial charge in [0.15, 0.2) is 0 Å². The fraction of sp³-hybridized carbons (Fsp3) is 0.529. The van der Waals surface area contributed by atoms with Gasteiger partial charge in [0.2, 0.25) is 5.91 Å². The molecule has 7 heteroatoms. The van der Waals surface area contributed by atoms with E-state index in [1.54, 1.807) is 11.0 Å². The van der Waals surface area contributed by atoms with Gasteiger partial charge in [0.1, 0.15) is 5.41 Å². The first kappa shape index (κ1) is 17.5. The van der Waals surface area contributed by atoms with E-state index in [1.165, 1.54) is 7.11 Å². The molecular formula is C17H19Cl2NO4. The van der Waals surface area contributed by atoms with Crippen molar-refractivity contribution in [2.75, 3.05) is 26.8 Å². The fourth-order valence-corrected chi connectivity index (χ4v) is 4.09. The average molecular weight is 372 g/mol. The van der Waals surface area contributed by atoms with E-state index in [4.69, 9.17) is 27.9 Å². The number of halogens is 2. The summed E-state index contributed by atoms with van der Waals surface area (Å²) in [6, 6.07) is 5.34. The molecule has 1 aromatic carbocycles. The van der Waals surface area contributed by atoms with Crippen LogP contribution in [-0.2, 0) is 14.3 Å². The van der Waals surface area contributed by atoms with Gasteiger partial charge in [0.25, 0.3) is 0 Å². The van der Waals surface area contributed by atoms with E-state index in [-0.39, 0.29) is 30.9 Å². The van der Waals surface area contributed by atoms with Crippen LogP contribution in [-0.4, -0.2) is 48.7 Å². The van der Waals surface area contributed by atoms with Gasteiger partial charge in [-0.05, 0) is 42.5 Å². The number of carbonyl (C=O) groups is 2. The molecule has 3 unspecified atom stereocenters. The van der Waals surface area contributed by atoms with Gasteiger partial charge in [-0.25, -0.2) is 0 Å². The minimum absolute atomic E-state index is 0.00956. The highest BCUT2D eigenvalue weighted by Crippen LogP contribution is 2.50. The maximum Gasteiger partial charge on any atom is 0.313 e. The molecule has 1 saturated carbocycles. The van der Waals surface area contributed by atoms with Crippen molar-refractivity contribution in [1.82, 2.24) is 4.90 Å². The zero-order valence-corrected chi connectivity index (χ0v) is 14.8. The van der Waals surface area contributed by atoms with Crippen LogP contribution in [0.1, 0.15) is 24.3 Å². The molecule has 0 bridgehead atoms. The number of carbonyl (C=O) groups excluding carboxylic acids is 1. The van der Waals surface area contributed by atoms with Gasteiger partial charge in [0.05, 0.1) is 6.61 Å². The largest absolute Gasteiger partial charge is 0.481 e. The predicted octanol–water partition coefficient (Wildman–Crippen LogP) is 3.05. The van der Waals surface area contributed by atoms with Crippen molar-refractivity contribution in [3.05, 3.63) is 33.8 Å². The standard InChI is InChI=1S/C17H19Cl2NO4/c1-24-9-17(16(22)23)2-3-20(8-17)15(21)14-7-13(14)10-4-11(18)6-12(19)5-10/h4-6,13-14H,2-3,7-9H2,1H3,(H,22,23). The van der Waals surface area contributed by atoms with Gasteiger partial charge in [-0.15, -0.1) is 0 Å². The molecule has 3 rings (SSSR count). The van der Waals surface area contributed by atoms with E-state index < -0.39 is 11.4 Å². The van der Waals surface area contributed by atoms with Crippen LogP contribution in [0, 0.1) is 11.3 Å². The lowest BCUT2D eigenvalue weighted by Crippen LogP contribution is -2.40. The number of carboxylic acid groups (broad SMARTS) is 1. The Hall–Kier alpha value is -1.30. The summed E-state index contributed by atoms with van der Waals surface area (Å²) in [5.41, 5.74) is -0.0276. The summed E-state index contributed by atoms with van der Waals surface area (Å²) in [5, 5.41) is 10.6. The molecule has 1 amide bonds. The first-order valence-electron chi connectivity index (χ1n) is 7.83. The predicted molar refractivity (Wildman–Crippen MR) is 90.5 cm³/mol. The van der Waals surface area contributed by atoms with E-state index in [2.05, 4.69) is 0 Å². The van der Waals surface area contributed by atoms with Crippen molar-refractivity contribution in [3.63, 3.8) is 0 Å². The number of rotatable bonds is 5. The van der Waals surface area contributed by atoms with E-state index >= 15 is 0 Å². The molecule has 130 valence electrons. The quantitative estimate of drug-likeness (QED) is 0.863. The number of benzene rings is 1. The minimum atomic E-state index is -0.992. The van der Waals surface area contributed by atoms with Crippen molar-refractivity contribution in [2.24, 2.45) is 11.3 Å². The Morgan fingerprint density at radius 3 is 2.58 bits per heavy atom. The van der Waals surface area contributed by atoms with Crippen molar-refractivity contribution in [1.29, 1.82) is 0 Å². The number of methoxy groups -OCH3 is 1. The molecule has 5 nitrogen and oxygen atoms in total. The van der Waals surface area contributed by atoms with Gasteiger partial charge >= 0.3 is 5.97 Å². The number of hydrogen-bond acceptors (Lipinski definition) is 3. The molecule has 1 aliphatic heterocycles. The van der Waals surface area contributed by atoms with E-state index in [9.17, 15) is 14.7 Å². The van der Waals surface area contributed by atoms with Crippen LogP contribution in [0.15, 0.2) is 18.2 Å². The van der Waals surface area contributed by atoms with Crippen LogP contribution in [0.5, 0.6) is 0 Å². The molecule has 0 radical (unpaired) electrons. The highest BCUT2D eigenvalue weighted by atomic mass is 35.5. The molecule has 3 atom stereocenters. The molecule has 2 fully saturated rings. The van der Waals surface area contributed by atoms with Crippen LogP contribution >= 0.6 is 23.2 Å². The second kappa shape index (κ2) is 6.54. The lowest BCUT2D eigenvalue weighted by molar-refractivity contribution is -0.151. The smallest absolute Gasteiger partial charge is 0.313 e. The first-order valence-corrected chi connectivity index (χ1v) is 8.59. The molecule has 24 heavy (non-hydrogen) atoms. The molecule has 1 saturated heterocycles. The fourth-order valence-electron chi connectivity index (χ4n) is 3.55. The van der Waals surface area contributed by atoms with Crippen molar-refractivity contribution >= 4 is 35.1 Å². The van der Waals surface area contributed by atoms with E-state index in [0.29, 0.717) is 23.0 Å². The number of hydrogen-bond donors (Lipinski definition) is 1. The summed E-state index contributed by atoms with van der Waals surface area (Å²) in [5.74, 6) is -0.911. The Balaban J connectivity index is 1.68. The number of nitrogens with zero attached hydrogens (tertiary/aromatic N) is 1. The summed E-state index contributed by atoms with van der Waals surface area (Å²) < 4.78 is 5.06. The SMILES string of the molecule is COCC1(C(=O)O)CCN(C(=O)C2CC2c2cc(Cl)cc(Cl)c2)C1. The number of carboxylic acids is 1. The summed E-state index contributed by atoms with van der Waals surface area (Å²) in [6.45, 7) is 0.770. The zero-order valence-electron chi connectivity index (χ0n) is 13.3. The molecular weight excluding hydrogens is 353 g/mol. The zero-order chi connectivity index (χ0) is 17.5. The molecule has 2 aliphatic rings. The Bertz CT molecular complexity index is 660. The van der Waals surface area contributed by atoms with Gasteiger partial charge in [-0.2, -0.15) is 0 Å². The minimum Gasteiger partial charge on any atom is -0.481 e. The molecule has 0 spiro atoms. The third-order valence-corrected chi connectivity index (χ3v) is 5.40. The monoisotopic (exact) mass is 371 g/mol. The summed E-state index contributed by atoms with van der Waals surface area (Å²) in [6.07, 6.45) is 1.17. The highest BCUT2D eigenvalue weighted by molar-refractivity contribution is 6.34. The van der Waals surface area contributed by atoms with Crippen LogP contribution in [0.3, 0.4) is 0 Å². The Kier molecular flexibility index (Phi) is 4.78. The molecule has 0 aromatic heterocycles. The van der Waals surface area contributed by atoms with Gasteiger partial charge in [-0.1, -0.05) is 23.2 Å². The van der Waals surface area contributed by atoms with Crippen molar-refractivity contribution in [3.8, 4) is 0 Å². The lowest BCUT2D eigenvalue weighted by atomic mass is 9.88. The van der Waals surface area contributed by atoms with E-state index in [1.807, 2.05) is 12.1 Å².